The normalized spacial score (nSPS) is 0. The average Bonchev–Trinajstić information content (AvgIpc) is 0. The largest absolute Gasteiger partial charge is 3.00 e. The van der Waals surface area contributed by atoms with Crippen LogP contribution in [-0.4, -0.2) is 69.4 Å². The van der Waals surface area contributed by atoms with Gasteiger partial charge in [-0.25, -0.2) is 0 Å². The molecule has 0 fully saturated rings. The molecule has 0 atom stereocenters. The minimum atomic E-state index is 0. The Kier molecular flexibility index (Phi) is 1990. The Balaban J connectivity index is 0. The summed E-state index contributed by atoms with van der Waals surface area (Å²) in [7, 11) is 0. The fraction of sp³-hybridized carbons (Fsp3) is 0. The molecule has 30 valence electrons. The van der Waals surface area contributed by atoms with Gasteiger partial charge in [0.2, 0.25) is 0 Å². The number of hydrogen-bond acceptors (Lipinski definition) is 0. The second-order valence-electron chi connectivity index (χ2n) is 0. The molecule has 0 bridgehead atoms. The smallest absolute Gasteiger partial charge is 2.00 e. The summed E-state index contributed by atoms with van der Waals surface area (Å²) >= 11 is 0. The van der Waals surface area contributed by atoms with Crippen molar-refractivity contribution in [3.05, 3.63) is 0 Å². The molecule has 0 aromatic carbocycles. The van der Waals surface area contributed by atoms with Gasteiger partial charge >= 0.3 is 34.7 Å². The molecule has 0 N–H and O–H groups in total. The molecule has 6 radical (unpaired) electrons. The SMILES string of the molecule is [Al+3].[Al+3].[Al].[Al].[O-2].[O-2].[O-2]. The van der Waals surface area contributed by atoms with Crippen LogP contribution in [0.4, 0.5) is 0 Å². The van der Waals surface area contributed by atoms with Crippen LogP contribution in [0.15, 0.2) is 0 Å². The Labute approximate surface area is 85.3 Å². The van der Waals surface area contributed by atoms with Crippen molar-refractivity contribution in [1.82, 2.24) is 0 Å². The van der Waals surface area contributed by atoms with E-state index in [0.717, 1.165) is 0 Å². The molecule has 0 aliphatic carbocycles. The van der Waals surface area contributed by atoms with E-state index in [0.29, 0.717) is 0 Å². The van der Waals surface area contributed by atoms with Gasteiger partial charge in [0, 0.05) is 34.7 Å². The van der Waals surface area contributed by atoms with Gasteiger partial charge in [-0.05, 0) is 0 Å². The van der Waals surface area contributed by atoms with Gasteiger partial charge in [-0.15, -0.1) is 0 Å². The average molecular weight is 156 g/mol. The van der Waals surface area contributed by atoms with Gasteiger partial charge in [0.05, 0.1) is 0 Å². The molecule has 0 aliphatic rings. The summed E-state index contributed by atoms with van der Waals surface area (Å²) in [6.45, 7) is 0. The Bertz CT molecular complexity index is 6.90. The van der Waals surface area contributed by atoms with E-state index >= 15 is 0 Å². The van der Waals surface area contributed by atoms with Crippen LogP contribution in [0, 0.1) is 0 Å². The van der Waals surface area contributed by atoms with Crippen LogP contribution >= 0.6 is 0 Å². The molecular formula is Al4O3. The first-order valence-corrected chi connectivity index (χ1v) is 0. The summed E-state index contributed by atoms with van der Waals surface area (Å²) in [4.78, 5) is 0. The van der Waals surface area contributed by atoms with Crippen LogP contribution in [0.2, 0.25) is 0 Å². The zero-order chi connectivity index (χ0) is 0. The first-order valence-electron chi connectivity index (χ1n) is 0. The van der Waals surface area contributed by atoms with Gasteiger partial charge < -0.3 is 16.4 Å². The topological polar surface area (TPSA) is 85.5 Å². The van der Waals surface area contributed by atoms with E-state index in [1.165, 1.54) is 0 Å². The summed E-state index contributed by atoms with van der Waals surface area (Å²) in [6.07, 6.45) is 0. The third-order valence-corrected chi connectivity index (χ3v) is 0. The van der Waals surface area contributed by atoms with Gasteiger partial charge in [0.1, 0.15) is 0 Å². The summed E-state index contributed by atoms with van der Waals surface area (Å²) < 4.78 is 0. The van der Waals surface area contributed by atoms with Gasteiger partial charge in [-0.2, -0.15) is 0 Å². The summed E-state index contributed by atoms with van der Waals surface area (Å²) in [5.41, 5.74) is 0. The quantitative estimate of drug-likeness (QED) is 0.367. The number of hydrogen-bond donors (Lipinski definition) is 0. The molecule has 0 aromatic heterocycles. The predicted molar refractivity (Wildman–Crippen MR) is 25.1 cm³/mol. The third kappa shape index (κ3) is 71.6. The molecule has 0 rings (SSSR count). The maximum Gasteiger partial charge on any atom is 3.00 e. The van der Waals surface area contributed by atoms with Crippen LogP contribution in [0.1, 0.15) is 0 Å². The first kappa shape index (κ1) is 143. The van der Waals surface area contributed by atoms with Gasteiger partial charge in [0.25, 0.3) is 0 Å². The van der Waals surface area contributed by atoms with E-state index in [2.05, 4.69) is 0 Å². The van der Waals surface area contributed by atoms with Crippen molar-refractivity contribution in [1.29, 1.82) is 0 Å². The molecule has 0 aromatic rings. The van der Waals surface area contributed by atoms with Crippen molar-refractivity contribution in [2.75, 3.05) is 0 Å². The predicted octanol–water partition coefficient (Wildman–Crippen LogP) is -1.88. The third-order valence-electron chi connectivity index (χ3n) is 0. The second-order valence-corrected chi connectivity index (χ2v) is 0. The summed E-state index contributed by atoms with van der Waals surface area (Å²) in [6, 6.07) is 0. The molecule has 7 heavy (non-hydrogen) atoms. The van der Waals surface area contributed by atoms with Crippen LogP contribution < -0.4 is 0 Å². The first-order chi connectivity index (χ1) is 0. The summed E-state index contributed by atoms with van der Waals surface area (Å²) in [5, 5.41) is 0. The molecule has 0 unspecified atom stereocenters. The number of rotatable bonds is 0. The minimum absolute atomic E-state index is 0. The van der Waals surface area contributed by atoms with Crippen LogP contribution in [0.5, 0.6) is 0 Å². The van der Waals surface area contributed by atoms with E-state index in [4.69, 9.17) is 0 Å². The maximum absolute atomic E-state index is 0. The molecule has 0 saturated carbocycles. The Morgan fingerprint density at radius 1 is 0.429 bits per heavy atom. The van der Waals surface area contributed by atoms with Gasteiger partial charge in [-0.3, -0.25) is 0 Å². The standard InChI is InChI=1S/4Al.3O/q;;2*+3;3*-2. The van der Waals surface area contributed by atoms with Crippen molar-refractivity contribution in [3.8, 4) is 0 Å². The fourth-order valence-corrected chi connectivity index (χ4v) is 0. The molecule has 7 heteroatoms. The molecule has 0 amide bonds. The van der Waals surface area contributed by atoms with Gasteiger partial charge in [-0.1, -0.05) is 0 Å². The molecule has 0 aliphatic heterocycles. The van der Waals surface area contributed by atoms with Crippen molar-refractivity contribution < 1.29 is 16.4 Å². The molecule has 0 saturated heterocycles. The van der Waals surface area contributed by atoms with E-state index in [1.807, 2.05) is 0 Å². The van der Waals surface area contributed by atoms with Gasteiger partial charge in [0.15, 0.2) is 0 Å². The van der Waals surface area contributed by atoms with E-state index in [1.54, 1.807) is 0 Å². The minimum Gasteiger partial charge on any atom is -2.00 e. The zero-order valence-corrected chi connectivity index (χ0v) is 8.15. The van der Waals surface area contributed by atoms with Crippen molar-refractivity contribution in [2.24, 2.45) is 0 Å². The Morgan fingerprint density at radius 2 is 0.429 bits per heavy atom. The monoisotopic (exact) mass is 156 g/mol. The zero-order valence-electron chi connectivity index (χ0n) is 3.53. The molecule has 0 heterocycles. The fourth-order valence-electron chi connectivity index (χ4n) is 0. The Hall–Kier alpha value is 2.01. The van der Waals surface area contributed by atoms with Crippen LogP contribution in [0.3, 0.4) is 0 Å². The maximum atomic E-state index is 0. The molecule has 0 spiro atoms. The van der Waals surface area contributed by atoms with Crippen LogP contribution in [0.25, 0.3) is 0 Å². The van der Waals surface area contributed by atoms with E-state index in [9.17, 15) is 0 Å². The van der Waals surface area contributed by atoms with Crippen molar-refractivity contribution in [2.45, 2.75) is 0 Å². The Morgan fingerprint density at radius 3 is 0.429 bits per heavy atom. The second kappa shape index (κ2) is 97.4. The van der Waals surface area contributed by atoms with Crippen LogP contribution in [-0.2, 0) is 16.4 Å². The molecule has 3 nitrogen and oxygen atoms in total. The van der Waals surface area contributed by atoms with E-state index in [-0.39, 0.29) is 85.9 Å². The van der Waals surface area contributed by atoms with E-state index < -0.39 is 0 Å². The molecular weight excluding hydrogens is 156 g/mol. The van der Waals surface area contributed by atoms with Crippen molar-refractivity contribution in [3.63, 3.8) is 0 Å². The summed E-state index contributed by atoms with van der Waals surface area (Å²) in [5.74, 6) is 0. The van der Waals surface area contributed by atoms with Crippen molar-refractivity contribution >= 4 is 69.4 Å².